The quantitative estimate of drug-likeness (QED) is 0.852. The SMILES string of the molecule is N#Cc1ccc(NCc2sccc2Br)c(N)c1. The van der Waals surface area contributed by atoms with Gasteiger partial charge in [-0.05, 0) is 45.6 Å². The van der Waals surface area contributed by atoms with E-state index in [2.05, 4.69) is 27.3 Å². The minimum Gasteiger partial charge on any atom is -0.397 e. The van der Waals surface area contributed by atoms with Gasteiger partial charge in [0.05, 0.1) is 29.6 Å². The molecule has 1 heterocycles. The van der Waals surface area contributed by atoms with Crippen LogP contribution in [-0.2, 0) is 6.54 Å². The van der Waals surface area contributed by atoms with E-state index in [1.807, 2.05) is 17.5 Å². The summed E-state index contributed by atoms with van der Waals surface area (Å²) in [5.74, 6) is 0. The van der Waals surface area contributed by atoms with Crippen LogP contribution in [0.3, 0.4) is 0 Å². The number of nitrogens with two attached hydrogens (primary N) is 1. The number of nitriles is 1. The Kier molecular flexibility index (Phi) is 3.67. The molecule has 5 heteroatoms. The first-order valence-electron chi connectivity index (χ1n) is 4.96. The molecule has 2 rings (SSSR count). The fourth-order valence-corrected chi connectivity index (χ4v) is 2.85. The lowest BCUT2D eigenvalue weighted by atomic mass is 10.2. The molecule has 0 saturated carbocycles. The predicted octanol–water partition coefficient (Wildman–Crippen LogP) is 3.58. The maximum absolute atomic E-state index is 8.74. The van der Waals surface area contributed by atoms with Crippen LogP contribution in [0.25, 0.3) is 0 Å². The monoisotopic (exact) mass is 307 g/mol. The molecule has 0 amide bonds. The fraction of sp³-hybridized carbons (Fsp3) is 0.0833. The molecule has 17 heavy (non-hydrogen) atoms. The Morgan fingerprint density at radius 1 is 1.41 bits per heavy atom. The molecule has 86 valence electrons. The Bertz CT molecular complexity index is 571. The molecule has 1 aromatic carbocycles. The van der Waals surface area contributed by atoms with Crippen molar-refractivity contribution in [1.82, 2.24) is 0 Å². The Balaban J connectivity index is 2.10. The zero-order chi connectivity index (χ0) is 12.3. The maximum Gasteiger partial charge on any atom is 0.0992 e. The molecule has 0 bridgehead atoms. The molecule has 2 aromatic rings. The first-order valence-corrected chi connectivity index (χ1v) is 6.63. The van der Waals surface area contributed by atoms with Crippen LogP contribution < -0.4 is 11.1 Å². The van der Waals surface area contributed by atoms with Crippen LogP contribution >= 0.6 is 27.3 Å². The van der Waals surface area contributed by atoms with Crippen LogP contribution in [0.15, 0.2) is 34.1 Å². The third-order valence-corrected chi connectivity index (χ3v) is 4.24. The van der Waals surface area contributed by atoms with Crippen molar-refractivity contribution in [3.63, 3.8) is 0 Å². The molecule has 3 nitrogen and oxygen atoms in total. The number of nitrogens with zero attached hydrogens (tertiary/aromatic N) is 1. The van der Waals surface area contributed by atoms with Gasteiger partial charge in [0.25, 0.3) is 0 Å². The Labute approximate surface area is 112 Å². The van der Waals surface area contributed by atoms with Gasteiger partial charge in [0, 0.05) is 9.35 Å². The highest BCUT2D eigenvalue weighted by Gasteiger charge is 2.03. The van der Waals surface area contributed by atoms with Gasteiger partial charge >= 0.3 is 0 Å². The van der Waals surface area contributed by atoms with Crippen molar-refractivity contribution in [2.45, 2.75) is 6.54 Å². The number of nitrogen functional groups attached to an aromatic ring is 1. The molecule has 0 spiro atoms. The summed E-state index contributed by atoms with van der Waals surface area (Å²) in [5.41, 5.74) is 7.87. The minimum atomic E-state index is 0.574. The molecule has 0 aliphatic carbocycles. The van der Waals surface area contributed by atoms with Crippen molar-refractivity contribution in [3.05, 3.63) is 44.6 Å². The summed E-state index contributed by atoms with van der Waals surface area (Å²) in [6.45, 7) is 0.717. The van der Waals surface area contributed by atoms with Crippen molar-refractivity contribution in [1.29, 1.82) is 5.26 Å². The fourth-order valence-electron chi connectivity index (χ4n) is 1.42. The van der Waals surface area contributed by atoms with Gasteiger partial charge in [0.2, 0.25) is 0 Å². The number of hydrogen-bond acceptors (Lipinski definition) is 4. The van der Waals surface area contributed by atoms with Crippen molar-refractivity contribution >= 4 is 38.6 Å². The number of thiophene rings is 1. The number of anilines is 2. The van der Waals surface area contributed by atoms with Crippen molar-refractivity contribution in [3.8, 4) is 6.07 Å². The first-order chi connectivity index (χ1) is 8.20. The summed E-state index contributed by atoms with van der Waals surface area (Å²) in [5, 5.41) is 14.0. The molecule has 0 aliphatic rings. The molecule has 0 atom stereocenters. The summed E-state index contributed by atoms with van der Waals surface area (Å²) in [6.07, 6.45) is 0. The van der Waals surface area contributed by atoms with Crippen LogP contribution in [0.4, 0.5) is 11.4 Å². The first kappa shape index (κ1) is 12.0. The van der Waals surface area contributed by atoms with Gasteiger partial charge in [0.15, 0.2) is 0 Å². The van der Waals surface area contributed by atoms with Gasteiger partial charge in [-0.3, -0.25) is 0 Å². The van der Waals surface area contributed by atoms with Crippen LogP contribution in [0.5, 0.6) is 0 Å². The van der Waals surface area contributed by atoms with Gasteiger partial charge in [-0.15, -0.1) is 11.3 Å². The Morgan fingerprint density at radius 2 is 2.24 bits per heavy atom. The molecule has 1 aromatic heterocycles. The molecule has 0 unspecified atom stereocenters. The third-order valence-electron chi connectivity index (χ3n) is 2.31. The molecule has 0 saturated heterocycles. The topological polar surface area (TPSA) is 61.8 Å². The average molecular weight is 308 g/mol. The van der Waals surface area contributed by atoms with E-state index < -0.39 is 0 Å². The van der Waals surface area contributed by atoms with Gasteiger partial charge in [-0.1, -0.05) is 0 Å². The predicted molar refractivity (Wildman–Crippen MR) is 74.9 cm³/mol. The number of hydrogen-bond donors (Lipinski definition) is 2. The summed E-state index contributed by atoms with van der Waals surface area (Å²) in [7, 11) is 0. The van der Waals surface area contributed by atoms with Crippen LogP contribution in [0.2, 0.25) is 0 Å². The molecule has 0 aliphatic heterocycles. The highest BCUT2D eigenvalue weighted by atomic mass is 79.9. The van der Waals surface area contributed by atoms with E-state index >= 15 is 0 Å². The summed E-state index contributed by atoms with van der Waals surface area (Å²) < 4.78 is 1.10. The van der Waals surface area contributed by atoms with E-state index in [9.17, 15) is 0 Å². The third kappa shape index (κ3) is 2.78. The molecule has 0 fully saturated rings. The van der Waals surface area contributed by atoms with E-state index in [1.165, 1.54) is 4.88 Å². The number of halogens is 1. The van der Waals surface area contributed by atoms with Crippen molar-refractivity contribution in [2.75, 3.05) is 11.1 Å². The Morgan fingerprint density at radius 3 is 2.82 bits per heavy atom. The highest BCUT2D eigenvalue weighted by Crippen LogP contribution is 2.25. The number of rotatable bonds is 3. The standard InChI is InChI=1S/C12H10BrN3S/c13-9-3-4-17-12(9)7-16-11-2-1-8(6-14)5-10(11)15/h1-5,16H,7,15H2. The van der Waals surface area contributed by atoms with Gasteiger partial charge in [-0.25, -0.2) is 0 Å². The lowest BCUT2D eigenvalue weighted by Crippen LogP contribution is -2.01. The number of benzene rings is 1. The molecular formula is C12H10BrN3S. The van der Waals surface area contributed by atoms with E-state index in [1.54, 1.807) is 23.5 Å². The maximum atomic E-state index is 8.74. The second-order valence-electron chi connectivity index (χ2n) is 3.46. The van der Waals surface area contributed by atoms with Crippen molar-refractivity contribution in [2.24, 2.45) is 0 Å². The van der Waals surface area contributed by atoms with Gasteiger partial charge < -0.3 is 11.1 Å². The largest absolute Gasteiger partial charge is 0.397 e. The smallest absolute Gasteiger partial charge is 0.0992 e. The van der Waals surface area contributed by atoms with E-state index in [-0.39, 0.29) is 0 Å². The summed E-state index contributed by atoms with van der Waals surface area (Å²) >= 11 is 5.16. The van der Waals surface area contributed by atoms with Crippen LogP contribution in [-0.4, -0.2) is 0 Å². The zero-order valence-electron chi connectivity index (χ0n) is 8.90. The van der Waals surface area contributed by atoms with Gasteiger partial charge in [-0.2, -0.15) is 5.26 Å². The second-order valence-corrected chi connectivity index (χ2v) is 5.31. The van der Waals surface area contributed by atoms with E-state index in [4.69, 9.17) is 11.0 Å². The van der Waals surface area contributed by atoms with E-state index in [0.29, 0.717) is 17.8 Å². The van der Waals surface area contributed by atoms with Crippen LogP contribution in [0.1, 0.15) is 10.4 Å². The Hall–Kier alpha value is -1.51. The van der Waals surface area contributed by atoms with E-state index in [0.717, 1.165) is 10.2 Å². The highest BCUT2D eigenvalue weighted by molar-refractivity contribution is 9.10. The summed E-state index contributed by atoms with van der Waals surface area (Å²) in [6, 6.07) is 9.33. The zero-order valence-corrected chi connectivity index (χ0v) is 11.3. The summed E-state index contributed by atoms with van der Waals surface area (Å²) in [4.78, 5) is 1.22. The lowest BCUT2D eigenvalue weighted by molar-refractivity contribution is 1.18. The van der Waals surface area contributed by atoms with Crippen LogP contribution in [0, 0.1) is 11.3 Å². The minimum absolute atomic E-state index is 0.574. The second kappa shape index (κ2) is 5.21. The molecular weight excluding hydrogens is 298 g/mol. The number of nitrogens with one attached hydrogen (secondary N) is 1. The van der Waals surface area contributed by atoms with Crippen molar-refractivity contribution < 1.29 is 0 Å². The molecule has 3 N–H and O–H groups in total. The normalized spacial score (nSPS) is 9.88. The molecule has 0 radical (unpaired) electrons. The van der Waals surface area contributed by atoms with Gasteiger partial charge in [0.1, 0.15) is 0 Å². The lowest BCUT2D eigenvalue weighted by Gasteiger charge is -2.08. The average Bonchev–Trinajstić information content (AvgIpc) is 2.73.